The maximum atomic E-state index is 13.0. The van der Waals surface area contributed by atoms with Gasteiger partial charge in [-0.3, -0.25) is 4.79 Å². The Bertz CT molecular complexity index is 1320. The van der Waals surface area contributed by atoms with Crippen LogP contribution in [-0.2, 0) is 16.4 Å². The van der Waals surface area contributed by atoms with Gasteiger partial charge in [-0.2, -0.15) is 0 Å². The Hall–Kier alpha value is -3.04. The SMILES string of the molecule is CCOc1cc2c(c3[nH]c(C(=O)Nc4cccc(S(=O)(=O)NC(C)(C)C)c4)cc13)O[C@@H](C)C2. The summed E-state index contributed by atoms with van der Waals surface area (Å²) < 4.78 is 39.7. The van der Waals surface area contributed by atoms with Gasteiger partial charge in [0, 0.05) is 28.6 Å². The van der Waals surface area contributed by atoms with Crippen LogP contribution in [0, 0.1) is 0 Å². The lowest BCUT2D eigenvalue weighted by Gasteiger charge is -2.20. The quantitative estimate of drug-likeness (QED) is 0.499. The van der Waals surface area contributed by atoms with Gasteiger partial charge in [0.2, 0.25) is 10.0 Å². The van der Waals surface area contributed by atoms with E-state index in [2.05, 4.69) is 15.0 Å². The number of anilines is 1. The molecule has 9 heteroatoms. The van der Waals surface area contributed by atoms with Crippen molar-refractivity contribution in [2.75, 3.05) is 11.9 Å². The number of hydrogen-bond donors (Lipinski definition) is 3. The van der Waals surface area contributed by atoms with Crippen LogP contribution in [0.15, 0.2) is 41.3 Å². The van der Waals surface area contributed by atoms with E-state index < -0.39 is 21.5 Å². The van der Waals surface area contributed by atoms with Gasteiger partial charge in [0.25, 0.3) is 5.91 Å². The van der Waals surface area contributed by atoms with Crippen LogP contribution in [0.2, 0.25) is 0 Å². The standard InChI is InChI=1S/C24H29N3O5S/c1-6-31-20-11-15-10-14(2)32-22(15)21-18(20)13-19(26-21)23(28)25-16-8-7-9-17(12-16)33(29,30)27-24(3,4)5/h7-9,11-14,26-27H,6,10H2,1-5H3,(H,25,28)/t14-/m0/s1. The van der Waals surface area contributed by atoms with Crippen molar-refractivity contribution in [3.05, 3.63) is 47.7 Å². The third kappa shape index (κ3) is 4.84. The molecule has 0 radical (unpaired) electrons. The second-order valence-electron chi connectivity index (χ2n) is 9.24. The van der Waals surface area contributed by atoms with Gasteiger partial charge in [-0.25, -0.2) is 13.1 Å². The van der Waals surface area contributed by atoms with Crippen LogP contribution in [0.25, 0.3) is 10.9 Å². The van der Waals surface area contributed by atoms with Crippen LogP contribution in [-0.4, -0.2) is 37.6 Å². The minimum Gasteiger partial charge on any atom is -0.493 e. The van der Waals surface area contributed by atoms with E-state index in [1.54, 1.807) is 39.0 Å². The van der Waals surface area contributed by atoms with Crippen molar-refractivity contribution in [2.24, 2.45) is 0 Å². The number of fused-ring (bicyclic) bond motifs is 3. The van der Waals surface area contributed by atoms with E-state index in [1.807, 2.05) is 19.9 Å². The number of H-pyrrole nitrogens is 1. The predicted octanol–water partition coefficient (Wildman–Crippen LogP) is 4.22. The molecule has 2 heterocycles. The van der Waals surface area contributed by atoms with E-state index >= 15 is 0 Å². The van der Waals surface area contributed by atoms with Crippen LogP contribution in [0.3, 0.4) is 0 Å². The van der Waals surface area contributed by atoms with Gasteiger partial charge in [-0.1, -0.05) is 6.07 Å². The molecule has 0 spiro atoms. The summed E-state index contributed by atoms with van der Waals surface area (Å²) in [5, 5.41) is 3.54. The highest BCUT2D eigenvalue weighted by Crippen LogP contribution is 2.41. The minimum atomic E-state index is -3.73. The molecule has 1 aromatic heterocycles. The number of hydrogen-bond acceptors (Lipinski definition) is 5. The number of rotatable bonds is 6. The van der Waals surface area contributed by atoms with Crippen LogP contribution < -0.4 is 19.5 Å². The average molecular weight is 472 g/mol. The fourth-order valence-corrected chi connectivity index (χ4v) is 5.39. The number of aromatic amines is 1. The molecule has 176 valence electrons. The fourth-order valence-electron chi connectivity index (χ4n) is 3.93. The molecule has 0 unspecified atom stereocenters. The molecule has 1 aliphatic rings. The number of carbonyl (C=O) groups excluding carboxylic acids is 1. The molecular weight excluding hydrogens is 442 g/mol. The smallest absolute Gasteiger partial charge is 0.272 e. The Balaban J connectivity index is 1.64. The van der Waals surface area contributed by atoms with Crippen molar-refractivity contribution in [2.45, 2.75) is 57.6 Å². The zero-order valence-electron chi connectivity index (χ0n) is 19.4. The highest BCUT2D eigenvalue weighted by molar-refractivity contribution is 7.89. The van der Waals surface area contributed by atoms with E-state index in [0.717, 1.165) is 28.6 Å². The number of carbonyl (C=O) groups is 1. The summed E-state index contributed by atoms with van der Waals surface area (Å²) in [5.74, 6) is 1.04. The van der Waals surface area contributed by atoms with E-state index in [4.69, 9.17) is 9.47 Å². The molecular formula is C24H29N3O5S. The van der Waals surface area contributed by atoms with E-state index in [9.17, 15) is 13.2 Å². The van der Waals surface area contributed by atoms with E-state index in [0.29, 0.717) is 23.7 Å². The number of amides is 1. The lowest BCUT2D eigenvalue weighted by molar-refractivity contribution is 0.102. The number of sulfonamides is 1. The van der Waals surface area contributed by atoms with E-state index in [1.165, 1.54) is 12.1 Å². The Labute approximate surface area is 193 Å². The second kappa shape index (κ2) is 8.39. The third-order valence-corrected chi connectivity index (χ3v) is 6.88. The molecule has 0 bridgehead atoms. The first kappa shape index (κ1) is 23.1. The van der Waals surface area contributed by atoms with Gasteiger partial charge >= 0.3 is 0 Å². The second-order valence-corrected chi connectivity index (χ2v) is 10.9. The first-order valence-electron chi connectivity index (χ1n) is 10.9. The summed E-state index contributed by atoms with van der Waals surface area (Å²) in [4.78, 5) is 16.3. The number of ether oxygens (including phenoxy) is 2. The Morgan fingerprint density at radius 3 is 2.70 bits per heavy atom. The maximum absolute atomic E-state index is 13.0. The predicted molar refractivity (Wildman–Crippen MR) is 128 cm³/mol. The zero-order chi connectivity index (χ0) is 24.0. The molecule has 33 heavy (non-hydrogen) atoms. The van der Waals surface area contributed by atoms with Crippen molar-refractivity contribution in [1.82, 2.24) is 9.71 Å². The van der Waals surface area contributed by atoms with Crippen molar-refractivity contribution < 1.29 is 22.7 Å². The highest BCUT2D eigenvalue weighted by atomic mass is 32.2. The summed E-state index contributed by atoms with van der Waals surface area (Å²) in [6.07, 6.45) is 0.822. The monoisotopic (exact) mass is 471 g/mol. The molecule has 2 aromatic carbocycles. The molecule has 0 saturated carbocycles. The van der Waals surface area contributed by atoms with Gasteiger partial charge < -0.3 is 19.8 Å². The first-order chi connectivity index (χ1) is 15.5. The van der Waals surface area contributed by atoms with Crippen LogP contribution >= 0.6 is 0 Å². The summed E-state index contributed by atoms with van der Waals surface area (Å²) in [6.45, 7) is 9.71. The fraction of sp³-hybridized carbons (Fsp3) is 0.375. The van der Waals surface area contributed by atoms with Crippen LogP contribution in [0.4, 0.5) is 5.69 Å². The van der Waals surface area contributed by atoms with Crippen molar-refractivity contribution in [3.8, 4) is 11.5 Å². The average Bonchev–Trinajstić information content (AvgIpc) is 3.30. The summed E-state index contributed by atoms with van der Waals surface area (Å²) in [5.41, 5.74) is 1.83. The lowest BCUT2D eigenvalue weighted by Crippen LogP contribution is -2.40. The Kier molecular flexibility index (Phi) is 5.88. The van der Waals surface area contributed by atoms with Crippen molar-refractivity contribution >= 4 is 32.5 Å². The minimum absolute atomic E-state index is 0.0482. The number of benzene rings is 2. The number of nitrogens with one attached hydrogen (secondary N) is 3. The van der Waals surface area contributed by atoms with Gasteiger partial charge in [-0.15, -0.1) is 0 Å². The highest BCUT2D eigenvalue weighted by Gasteiger charge is 2.26. The van der Waals surface area contributed by atoms with E-state index in [-0.39, 0.29) is 11.0 Å². The molecule has 1 aliphatic heterocycles. The van der Waals surface area contributed by atoms with Crippen LogP contribution in [0.1, 0.15) is 50.7 Å². The van der Waals surface area contributed by atoms with Gasteiger partial charge in [-0.05, 0) is 65.0 Å². The maximum Gasteiger partial charge on any atom is 0.272 e. The van der Waals surface area contributed by atoms with Crippen LogP contribution in [0.5, 0.6) is 11.5 Å². The summed E-state index contributed by atoms with van der Waals surface area (Å²) in [7, 11) is -3.73. The molecule has 0 fully saturated rings. The largest absolute Gasteiger partial charge is 0.493 e. The van der Waals surface area contributed by atoms with Gasteiger partial charge in [0.15, 0.2) is 0 Å². The van der Waals surface area contributed by atoms with Crippen molar-refractivity contribution in [3.63, 3.8) is 0 Å². The summed E-state index contributed by atoms with van der Waals surface area (Å²) >= 11 is 0. The van der Waals surface area contributed by atoms with Crippen molar-refractivity contribution in [1.29, 1.82) is 0 Å². The molecule has 4 rings (SSSR count). The summed E-state index contributed by atoms with van der Waals surface area (Å²) in [6, 6.07) is 9.85. The Morgan fingerprint density at radius 2 is 2.00 bits per heavy atom. The molecule has 3 aromatic rings. The molecule has 8 nitrogen and oxygen atoms in total. The molecule has 3 N–H and O–H groups in total. The lowest BCUT2D eigenvalue weighted by atomic mass is 10.1. The molecule has 0 aliphatic carbocycles. The Morgan fingerprint density at radius 1 is 1.24 bits per heavy atom. The molecule has 1 atom stereocenters. The van der Waals surface area contributed by atoms with Gasteiger partial charge in [0.05, 0.1) is 17.0 Å². The molecule has 0 saturated heterocycles. The third-order valence-electron chi connectivity index (χ3n) is 5.12. The van der Waals surface area contributed by atoms with Gasteiger partial charge in [0.1, 0.15) is 23.3 Å². The number of aromatic nitrogens is 1. The topological polar surface area (TPSA) is 110 Å². The first-order valence-corrected chi connectivity index (χ1v) is 12.4. The normalized spacial score (nSPS) is 15.8. The zero-order valence-corrected chi connectivity index (χ0v) is 20.2. The molecule has 1 amide bonds.